The van der Waals surface area contributed by atoms with Crippen molar-refractivity contribution in [2.45, 2.75) is 289 Å². The fourth-order valence-electron chi connectivity index (χ4n) is 7.92. The van der Waals surface area contributed by atoms with Crippen LogP contribution in [0.15, 0.2) is 24.3 Å². The maximum absolute atomic E-state index is 12.4. The molecule has 348 valence electrons. The molecule has 0 heterocycles. The number of allylic oxidation sites excluding steroid dienone is 3. The van der Waals surface area contributed by atoms with Gasteiger partial charge in [0.05, 0.1) is 25.4 Å². The Morgan fingerprint density at radius 1 is 0.458 bits per heavy atom. The fourth-order valence-corrected chi connectivity index (χ4v) is 7.92. The number of amides is 1. The molecule has 0 spiro atoms. The lowest BCUT2D eigenvalue weighted by atomic mass is 10.0. The van der Waals surface area contributed by atoms with E-state index in [1.54, 1.807) is 6.08 Å². The number of hydrogen-bond acceptors (Lipinski definition) is 5. The van der Waals surface area contributed by atoms with E-state index < -0.39 is 12.1 Å². The summed E-state index contributed by atoms with van der Waals surface area (Å²) in [7, 11) is 0. The highest BCUT2D eigenvalue weighted by Crippen LogP contribution is 2.16. The van der Waals surface area contributed by atoms with Crippen LogP contribution in [0.25, 0.3) is 0 Å². The summed E-state index contributed by atoms with van der Waals surface area (Å²) in [5.74, 6) is -0.115. The molecule has 3 N–H and O–H groups in total. The van der Waals surface area contributed by atoms with Crippen molar-refractivity contribution < 1.29 is 24.5 Å². The van der Waals surface area contributed by atoms with Crippen LogP contribution in [0.1, 0.15) is 277 Å². The maximum Gasteiger partial charge on any atom is 0.305 e. The van der Waals surface area contributed by atoms with E-state index >= 15 is 0 Å². The summed E-state index contributed by atoms with van der Waals surface area (Å²) >= 11 is 0. The Hall–Kier alpha value is -1.66. The average Bonchev–Trinajstić information content (AvgIpc) is 3.24. The topological polar surface area (TPSA) is 95.9 Å². The highest BCUT2D eigenvalue weighted by atomic mass is 16.5. The van der Waals surface area contributed by atoms with Gasteiger partial charge in [-0.05, 0) is 64.2 Å². The van der Waals surface area contributed by atoms with Gasteiger partial charge >= 0.3 is 5.97 Å². The summed E-state index contributed by atoms with van der Waals surface area (Å²) in [5.41, 5.74) is 0. The number of aliphatic hydroxyl groups is 2. The Kier molecular flexibility index (Phi) is 47.6. The van der Waals surface area contributed by atoms with Gasteiger partial charge in [-0.15, -0.1) is 0 Å². The fraction of sp³-hybridized carbons (Fsp3) is 0.887. The highest BCUT2D eigenvalue weighted by molar-refractivity contribution is 5.76. The quantitative estimate of drug-likeness (QED) is 0.0322. The van der Waals surface area contributed by atoms with Crippen LogP contribution in [0.3, 0.4) is 0 Å². The minimum Gasteiger partial charge on any atom is -0.466 e. The normalized spacial score (nSPS) is 12.8. The molecule has 1 amide bonds. The van der Waals surface area contributed by atoms with Crippen molar-refractivity contribution in [3.05, 3.63) is 24.3 Å². The summed E-state index contributed by atoms with van der Waals surface area (Å²) in [6.07, 6.45) is 57.5. The molecule has 0 aliphatic heterocycles. The molecule has 6 heteroatoms. The van der Waals surface area contributed by atoms with E-state index in [1.807, 2.05) is 6.08 Å². The van der Waals surface area contributed by atoms with Gasteiger partial charge in [-0.2, -0.15) is 0 Å². The first kappa shape index (κ1) is 57.3. The standard InChI is InChI=1S/C53H101NO5/c1-3-5-7-9-11-13-15-17-18-19-20-22-25-29-33-37-41-45-51(56)50(49-55)54-52(57)46-42-38-34-30-26-23-24-28-32-36-40-44-48-59-53(58)47-43-39-35-31-27-21-16-14-12-10-8-6-4-2/h24,28,41,45,50-51,55-56H,3-23,25-27,29-40,42-44,46-49H2,1-2H3,(H,54,57)/b28-24-,45-41+. The van der Waals surface area contributed by atoms with Crippen molar-refractivity contribution in [2.75, 3.05) is 13.2 Å². The van der Waals surface area contributed by atoms with Crippen LogP contribution in [0, 0.1) is 0 Å². The van der Waals surface area contributed by atoms with E-state index in [9.17, 15) is 19.8 Å². The Morgan fingerprint density at radius 2 is 0.797 bits per heavy atom. The predicted octanol–water partition coefficient (Wildman–Crippen LogP) is 15.5. The summed E-state index contributed by atoms with van der Waals surface area (Å²) in [5, 5.41) is 23.1. The third-order valence-electron chi connectivity index (χ3n) is 12.0. The number of ether oxygens (including phenoxy) is 1. The summed E-state index contributed by atoms with van der Waals surface area (Å²) < 4.78 is 5.44. The molecular weight excluding hydrogens is 731 g/mol. The van der Waals surface area contributed by atoms with Crippen LogP contribution in [0.2, 0.25) is 0 Å². The van der Waals surface area contributed by atoms with Gasteiger partial charge in [-0.1, -0.05) is 224 Å². The number of nitrogens with one attached hydrogen (secondary N) is 1. The molecule has 0 saturated heterocycles. The van der Waals surface area contributed by atoms with Gasteiger partial charge in [0.25, 0.3) is 0 Å². The lowest BCUT2D eigenvalue weighted by Crippen LogP contribution is -2.45. The summed E-state index contributed by atoms with van der Waals surface area (Å²) in [6.45, 7) is 4.85. The van der Waals surface area contributed by atoms with E-state index in [0.717, 1.165) is 77.0 Å². The van der Waals surface area contributed by atoms with Crippen molar-refractivity contribution in [3.63, 3.8) is 0 Å². The van der Waals surface area contributed by atoms with E-state index in [2.05, 4.69) is 31.3 Å². The van der Waals surface area contributed by atoms with Gasteiger partial charge in [0.2, 0.25) is 5.91 Å². The molecule has 0 aromatic rings. The first-order valence-corrected chi connectivity index (χ1v) is 26.1. The van der Waals surface area contributed by atoms with Crippen molar-refractivity contribution in [1.82, 2.24) is 5.32 Å². The summed E-state index contributed by atoms with van der Waals surface area (Å²) in [4.78, 5) is 24.4. The monoisotopic (exact) mass is 832 g/mol. The van der Waals surface area contributed by atoms with Crippen LogP contribution >= 0.6 is 0 Å². The molecule has 59 heavy (non-hydrogen) atoms. The van der Waals surface area contributed by atoms with E-state index in [1.165, 1.54) is 173 Å². The van der Waals surface area contributed by atoms with Crippen LogP contribution in [0.4, 0.5) is 0 Å². The summed E-state index contributed by atoms with van der Waals surface area (Å²) in [6, 6.07) is -0.646. The number of carbonyl (C=O) groups is 2. The zero-order chi connectivity index (χ0) is 43.0. The molecule has 0 aromatic carbocycles. The molecule has 0 aliphatic rings. The van der Waals surface area contributed by atoms with Gasteiger partial charge in [-0.25, -0.2) is 0 Å². The van der Waals surface area contributed by atoms with Crippen LogP contribution in [-0.2, 0) is 14.3 Å². The van der Waals surface area contributed by atoms with E-state index in [0.29, 0.717) is 19.4 Å². The largest absolute Gasteiger partial charge is 0.466 e. The molecule has 0 radical (unpaired) electrons. The molecule has 0 bridgehead atoms. The molecule has 2 unspecified atom stereocenters. The highest BCUT2D eigenvalue weighted by Gasteiger charge is 2.18. The minimum absolute atomic E-state index is 0.0229. The Morgan fingerprint density at radius 3 is 1.20 bits per heavy atom. The molecule has 0 aliphatic carbocycles. The van der Waals surface area contributed by atoms with Gasteiger partial charge in [0, 0.05) is 12.8 Å². The molecular formula is C53H101NO5. The second-order valence-corrected chi connectivity index (χ2v) is 17.9. The third-order valence-corrected chi connectivity index (χ3v) is 12.0. The average molecular weight is 832 g/mol. The SMILES string of the molecule is CCCCCCCCCCCCCCCCC/C=C/C(O)C(CO)NC(=O)CCCCCCC/C=C\CCCCCOC(=O)CCCCCCCCCCCCCCC. The molecule has 0 rings (SSSR count). The first-order chi connectivity index (χ1) is 29.0. The van der Waals surface area contributed by atoms with Gasteiger partial charge in [-0.3, -0.25) is 9.59 Å². The molecule has 2 atom stereocenters. The van der Waals surface area contributed by atoms with Crippen LogP contribution < -0.4 is 5.32 Å². The number of esters is 1. The molecule has 6 nitrogen and oxygen atoms in total. The van der Waals surface area contributed by atoms with Crippen molar-refractivity contribution >= 4 is 11.9 Å². The van der Waals surface area contributed by atoms with Crippen molar-refractivity contribution in [2.24, 2.45) is 0 Å². The van der Waals surface area contributed by atoms with Gasteiger partial charge in [0.15, 0.2) is 0 Å². The number of rotatable bonds is 48. The predicted molar refractivity (Wildman–Crippen MR) is 255 cm³/mol. The zero-order valence-corrected chi connectivity index (χ0v) is 39.5. The van der Waals surface area contributed by atoms with Crippen LogP contribution in [-0.4, -0.2) is 47.4 Å². The second kappa shape index (κ2) is 49.0. The van der Waals surface area contributed by atoms with E-state index in [-0.39, 0.29) is 18.5 Å². The molecule has 0 fully saturated rings. The lowest BCUT2D eigenvalue weighted by Gasteiger charge is -2.20. The number of unbranched alkanes of at least 4 members (excludes halogenated alkanes) is 35. The lowest BCUT2D eigenvalue weighted by molar-refractivity contribution is -0.143. The number of hydrogen-bond donors (Lipinski definition) is 3. The number of aliphatic hydroxyl groups excluding tert-OH is 2. The van der Waals surface area contributed by atoms with Gasteiger partial charge in [0.1, 0.15) is 0 Å². The minimum atomic E-state index is -0.860. The van der Waals surface area contributed by atoms with Crippen molar-refractivity contribution in [3.8, 4) is 0 Å². The van der Waals surface area contributed by atoms with E-state index in [4.69, 9.17) is 4.74 Å². The zero-order valence-electron chi connectivity index (χ0n) is 39.5. The molecule has 0 aromatic heterocycles. The Labute approximate surface area is 367 Å². The Balaban J connectivity index is 3.54. The Bertz CT molecular complexity index is 920. The number of carbonyl (C=O) groups excluding carboxylic acids is 2. The second-order valence-electron chi connectivity index (χ2n) is 17.9. The van der Waals surface area contributed by atoms with Crippen LogP contribution in [0.5, 0.6) is 0 Å². The maximum atomic E-state index is 12.4. The first-order valence-electron chi connectivity index (χ1n) is 26.1. The molecule has 0 saturated carbocycles. The smallest absolute Gasteiger partial charge is 0.305 e. The van der Waals surface area contributed by atoms with Crippen molar-refractivity contribution in [1.29, 1.82) is 0 Å². The van der Waals surface area contributed by atoms with Gasteiger partial charge < -0.3 is 20.3 Å². The third kappa shape index (κ3) is 45.7.